The third-order valence-corrected chi connectivity index (χ3v) is 6.09. The predicted molar refractivity (Wildman–Crippen MR) is 128 cm³/mol. The number of carbonyl (C=O) groups is 1. The van der Waals surface area contributed by atoms with Gasteiger partial charge in [0.1, 0.15) is 11.8 Å². The Labute approximate surface area is 199 Å². The average molecular weight is 457 g/mol. The van der Waals surface area contributed by atoms with Crippen molar-refractivity contribution in [3.05, 3.63) is 82.8 Å². The molecule has 1 aliphatic rings. The van der Waals surface area contributed by atoms with E-state index in [1.165, 1.54) is 0 Å². The third-order valence-electron chi connectivity index (χ3n) is 6.09. The second kappa shape index (κ2) is 10.6. The summed E-state index contributed by atoms with van der Waals surface area (Å²) < 4.78 is 7.16. The number of ketones is 1. The molecule has 0 radical (unpaired) electrons. The van der Waals surface area contributed by atoms with Crippen molar-refractivity contribution < 1.29 is 14.6 Å². The van der Waals surface area contributed by atoms with Crippen LogP contribution in [-0.2, 0) is 18.2 Å². The summed E-state index contributed by atoms with van der Waals surface area (Å²) in [6.07, 6.45) is 6.40. The van der Waals surface area contributed by atoms with Gasteiger partial charge in [-0.1, -0.05) is 36.4 Å². The molecule has 0 amide bonds. The first-order chi connectivity index (χ1) is 16.4. The minimum absolute atomic E-state index is 0.0955. The minimum Gasteiger partial charge on any atom is -0.392 e. The molecule has 2 aromatic heterocycles. The van der Waals surface area contributed by atoms with E-state index in [1.54, 1.807) is 23.7 Å². The summed E-state index contributed by atoms with van der Waals surface area (Å²) in [6, 6.07) is 14.0. The average Bonchev–Trinajstić information content (AvgIpc) is 3.27. The summed E-state index contributed by atoms with van der Waals surface area (Å²) in [6.45, 7) is 2.78. The maximum absolute atomic E-state index is 12.8. The molecule has 0 bridgehead atoms. The summed E-state index contributed by atoms with van der Waals surface area (Å²) in [5.74, 6) is -0.219. The standard InChI is InChI=1S/C27H28N4O3/c1-18-23(16-28)22(14-19-6-8-20(9-7-19)24-10-12-31(2)30-24)15-25(29-18)27(33)5-3-4-21-17-34-13-11-26(21)32/h3-4,6-10,12,15,21,26,32H,5,11,13-14,17H2,1-2H3/b4-3+/t21-,26-/m0/s1. The summed E-state index contributed by atoms with van der Waals surface area (Å²) >= 11 is 0. The monoisotopic (exact) mass is 456 g/mol. The lowest BCUT2D eigenvalue weighted by molar-refractivity contribution is -0.0177. The molecule has 0 spiro atoms. The number of carbonyl (C=O) groups excluding carboxylic acids is 1. The zero-order valence-corrected chi connectivity index (χ0v) is 19.4. The fourth-order valence-electron chi connectivity index (χ4n) is 4.14. The van der Waals surface area contributed by atoms with Gasteiger partial charge in [0.25, 0.3) is 0 Å². The highest BCUT2D eigenvalue weighted by molar-refractivity contribution is 5.95. The molecule has 0 unspecified atom stereocenters. The first-order valence-corrected chi connectivity index (χ1v) is 11.4. The number of nitriles is 1. The number of allylic oxidation sites excluding steroid dienone is 1. The normalized spacial score (nSPS) is 18.2. The summed E-state index contributed by atoms with van der Waals surface area (Å²) in [7, 11) is 1.88. The van der Waals surface area contributed by atoms with Crippen molar-refractivity contribution in [2.75, 3.05) is 13.2 Å². The van der Waals surface area contributed by atoms with Gasteiger partial charge in [-0.05, 0) is 43.0 Å². The van der Waals surface area contributed by atoms with Gasteiger partial charge in [0.2, 0.25) is 0 Å². The van der Waals surface area contributed by atoms with Crippen LogP contribution in [0.25, 0.3) is 11.3 Å². The molecule has 2 atom stereocenters. The van der Waals surface area contributed by atoms with Crippen LogP contribution in [0.4, 0.5) is 0 Å². The van der Waals surface area contributed by atoms with Gasteiger partial charge in [-0.25, -0.2) is 4.98 Å². The van der Waals surface area contributed by atoms with Gasteiger partial charge < -0.3 is 9.84 Å². The largest absolute Gasteiger partial charge is 0.392 e. The topological polar surface area (TPSA) is 101 Å². The smallest absolute Gasteiger partial charge is 0.184 e. The Morgan fingerprint density at radius 1 is 1.32 bits per heavy atom. The van der Waals surface area contributed by atoms with Crippen molar-refractivity contribution in [2.24, 2.45) is 13.0 Å². The molecule has 3 heterocycles. The van der Waals surface area contributed by atoms with Crippen LogP contribution in [0.2, 0.25) is 0 Å². The van der Waals surface area contributed by atoms with E-state index in [4.69, 9.17) is 4.74 Å². The number of rotatable bonds is 7. The Kier molecular flexibility index (Phi) is 7.31. The number of hydrogen-bond donors (Lipinski definition) is 1. The maximum atomic E-state index is 12.8. The Bertz CT molecular complexity index is 1240. The predicted octanol–water partition coefficient (Wildman–Crippen LogP) is 3.78. The fourth-order valence-corrected chi connectivity index (χ4v) is 4.14. The summed E-state index contributed by atoms with van der Waals surface area (Å²) in [5, 5.41) is 24.1. The molecule has 0 aliphatic carbocycles. The van der Waals surface area contributed by atoms with Crippen molar-refractivity contribution >= 4 is 5.78 Å². The van der Waals surface area contributed by atoms with Crippen molar-refractivity contribution in [3.8, 4) is 17.3 Å². The molecule has 1 fully saturated rings. The third kappa shape index (κ3) is 5.48. The van der Waals surface area contributed by atoms with Crippen LogP contribution in [0.5, 0.6) is 0 Å². The minimum atomic E-state index is -0.439. The zero-order valence-electron chi connectivity index (χ0n) is 19.4. The number of aliphatic hydroxyl groups excluding tert-OH is 1. The summed E-state index contributed by atoms with van der Waals surface area (Å²) in [4.78, 5) is 17.2. The molecule has 1 aliphatic heterocycles. The number of hydrogen-bond acceptors (Lipinski definition) is 6. The van der Waals surface area contributed by atoms with Crippen LogP contribution >= 0.6 is 0 Å². The summed E-state index contributed by atoms with van der Waals surface area (Å²) in [5.41, 5.74) is 5.14. The van der Waals surface area contributed by atoms with Gasteiger partial charge in [0.15, 0.2) is 5.78 Å². The van der Waals surface area contributed by atoms with Gasteiger partial charge in [-0.3, -0.25) is 9.48 Å². The van der Waals surface area contributed by atoms with E-state index < -0.39 is 6.10 Å². The quantitative estimate of drug-likeness (QED) is 0.429. The van der Waals surface area contributed by atoms with Crippen LogP contribution in [0.3, 0.4) is 0 Å². The maximum Gasteiger partial charge on any atom is 0.184 e. The first-order valence-electron chi connectivity index (χ1n) is 11.4. The number of ether oxygens (including phenoxy) is 1. The van der Waals surface area contributed by atoms with Crippen molar-refractivity contribution in [1.29, 1.82) is 5.26 Å². The number of aromatic nitrogens is 3. The van der Waals surface area contributed by atoms with Crippen LogP contribution in [-0.4, -0.2) is 45.0 Å². The van der Waals surface area contributed by atoms with E-state index in [9.17, 15) is 15.2 Å². The number of nitrogens with zero attached hydrogens (tertiary/aromatic N) is 4. The van der Waals surface area contributed by atoms with Gasteiger partial charge in [0, 0.05) is 37.8 Å². The number of pyridine rings is 1. The number of Topliss-reactive ketones (excluding diaryl/α,β-unsaturated/α-hetero) is 1. The Balaban J connectivity index is 1.49. The molecule has 174 valence electrons. The highest BCUT2D eigenvalue weighted by atomic mass is 16.5. The molecular formula is C27H28N4O3. The van der Waals surface area contributed by atoms with Crippen molar-refractivity contribution in [3.63, 3.8) is 0 Å². The number of aryl methyl sites for hydroxylation is 2. The van der Waals surface area contributed by atoms with E-state index in [2.05, 4.69) is 16.2 Å². The lowest BCUT2D eigenvalue weighted by atomic mass is 9.96. The molecule has 0 saturated carbocycles. The Morgan fingerprint density at radius 3 is 2.79 bits per heavy atom. The van der Waals surface area contributed by atoms with Crippen LogP contribution in [0, 0.1) is 24.2 Å². The van der Waals surface area contributed by atoms with Crippen LogP contribution < -0.4 is 0 Å². The molecule has 7 heteroatoms. The highest BCUT2D eigenvalue weighted by Crippen LogP contribution is 2.22. The zero-order chi connectivity index (χ0) is 24.1. The van der Waals surface area contributed by atoms with E-state index in [0.717, 1.165) is 22.4 Å². The van der Waals surface area contributed by atoms with Gasteiger partial charge in [-0.2, -0.15) is 10.4 Å². The lowest BCUT2D eigenvalue weighted by Gasteiger charge is -2.25. The molecular weight excluding hydrogens is 428 g/mol. The Morgan fingerprint density at radius 2 is 2.12 bits per heavy atom. The number of benzene rings is 1. The second-order valence-corrected chi connectivity index (χ2v) is 8.64. The first kappa shape index (κ1) is 23.6. The van der Waals surface area contributed by atoms with E-state index in [0.29, 0.717) is 43.0 Å². The van der Waals surface area contributed by atoms with Crippen molar-refractivity contribution in [2.45, 2.75) is 32.3 Å². The van der Waals surface area contributed by atoms with E-state index in [-0.39, 0.29) is 18.1 Å². The van der Waals surface area contributed by atoms with E-state index in [1.807, 2.05) is 49.7 Å². The SMILES string of the molecule is Cc1nc(C(=O)C/C=C/[C@H]2COCC[C@@H]2O)cc(Cc2ccc(-c3ccn(C)n3)cc2)c1C#N. The molecule has 3 aromatic rings. The number of aliphatic hydroxyl groups is 1. The molecule has 1 aromatic carbocycles. The Hall–Kier alpha value is -3.60. The molecule has 1 saturated heterocycles. The van der Waals surface area contributed by atoms with Gasteiger partial charge in [-0.15, -0.1) is 0 Å². The van der Waals surface area contributed by atoms with Gasteiger partial charge >= 0.3 is 0 Å². The van der Waals surface area contributed by atoms with Crippen LogP contribution in [0.1, 0.15) is 45.7 Å². The molecule has 1 N–H and O–H groups in total. The van der Waals surface area contributed by atoms with E-state index >= 15 is 0 Å². The van der Waals surface area contributed by atoms with Crippen molar-refractivity contribution in [1.82, 2.24) is 14.8 Å². The van der Waals surface area contributed by atoms with Crippen LogP contribution in [0.15, 0.2) is 54.7 Å². The second-order valence-electron chi connectivity index (χ2n) is 8.64. The molecule has 7 nitrogen and oxygen atoms in total. The molecule has 4 rings (SSSR count). The fraction of sp³-hybridized carbons (Fsp3) is 0.333. The van der Waals surface area contributed by atoms with Gasteiger partial charge in [0.05, 0.1) is 29.7 Å². The highest BCUT2D eigenvalue weighted by Gasteiger charge is 2.21. The lowest BCUT2D eigenvalue weighted by Crippen LogP contribution is -2.30. The molecule has 34 heavy (non-hydrogen) atoms.